The van der Waals surface area contributed by atoms with Gasteiger partial charge in [0.05, 0.1) is 23.7 Å². The molecule has 0 radical (unpaired) electrons. The molecule has 0 fully saturated rings. The van der Waals surface area contributed by atoms with Gasteiger partial charge in [0.15, 0.2) is 0 Å². The number of imide groups is 1. The summed E-state index contributed by atoms with van der Waals surface area (Å²) < 4.78 is -1.88. The smallest absolute Gasteiger partial charge is 0.431 e. The quantitative estimate of drug-likeness (QED) is 0.350. The average molecular weight is 420 g/mol. The molecule has 0 aromatic heterocycles. The van der Waals surface area contributed by atoms with E-state index < -0.39 is 40.4 Å². The molecule has 0 saturated carbocycles. The summed E-state index contributed by atoms with van der Waals surface area (Å²) >= 11 is 16.9. The first-order valence-corrected chi connectivity index (χ1v) is 8.70. The number of hydrogen-bond donors (Lipinski definition) is 1. The van der Waals surface area contributed by atoms with Gasteiger partial charge in [-0.3, -0.25) is 19.3 Å². The third-order valence-electron chi connectivity index (χ3n) is 4.01. The maximum Gasteiger partial charge on any atom is 0.431 e. The Morgan fingerprint density at radius 2 is 1.81 bits per heavy atom. The van der Waals surface area contributed by atoms with E-state index in [1.165, 1.54) is 0 Å². The molecule has 10 heteroatoms. The van der Waals surface area contributed by atoms with Gasteiger partial charge < -0.3 is 5.11 Å². The Bertz CT molecular complexity index is 757. The molecule has 3 rings (SSSR count). The number of carboxylic acid groups (broad SMARTS) is 1. The Morgan fingerprint density at radius 3 is 2.31 bits per heavy atom. The summed E-state index contributed by atoms with van der Waals surface area (Å²) in [6.45, 7) is -0.529. The van der Waals surface area contributed by atoms with Gasteiger partial charge in [-0.25, -0.2) is 4.79 Å². The van der Waals surface area contributed by atoms with Gasteiger partial charge in [0.2, 0.25) is 3.79 Å². The molecule has 1 heterocycles. The Morgan fingerprint density at radius 1 is 1.23 bits per heavy atom. The molecule has 26 heavy (non-hydrogen) atoms. The van der Waals surface area contributed by atoms with Crippen molar-refractivity contribution in [1.29, 1.82) is 0 Å². The molecule has 1 aliphatic carbocycles. The largest absolute Gasteiger partial charge is 0.463 e. The van der Waals surface area contributed by atoms with E-state index in [9.17, 15) is 19.5 Å². The maximum atomic E-state index is 12.6. The van der Waals surface area contributed by atoms with Crippen molar-refractivity contribution in [3.63, 3.8) is 0 Å². The molecule has 7 nitrogen and oxygen atoms in total. The number of carbonyl (C=O) groups is 3. The van der Waals surface area contributed by atoms with Gasteiger partial charge in [0.25, 0.3) is 11.8 Å². The van der Waals surface area contributed by atoms with Gasteiger partial charge in [0.1, 0.15) is 6.10 Å². The maximum absolute atomic E-state index is 12.6. The Kier molecular flexibility index (Phi) is 5.16. The van der Waals surface area contributed by atoms with Crippen LogP contribution in [0.3, 0.4) is 0 Å². The molecule has 1 aromatic carbocycles. The zero-order chi connectivity index (χ0) is 19.1. The Labute approximate surface area is 163 Å². The van der Waals surface area contributed by atoms with E-state index in [4.69, 9.17) is 39.6 Å². The fourth-order valence-electron chi connectivity index (χ4n) is 2.93. The highest BCUT2D eigenvalue weighted by Gasteiger charge is 2.44. The second-order valence-corrected chi connectivity index (χ2v) is 8.27. The molecule has 0 unspecified atom stereocenters. The lowest BCUT2D eigenvalue weighted by Gasteiger charge is -2.31. The van der Waals surface area contributed by atoms with Crippen molar-refractivity contribution < 1.29 is 24.3 Å². The van der Waals surface area contributed by atoms with E-state index >= 15 is 0 Å². The number of hydrogen-bond acceptors (Lipinski definition) is 4. The van der Waals surface area contributed by atoms with Gasteiger partial charge >= 0.3 is 6.09 Å². The van der Waals surface area contributed by atoms with Crippen LogP contribution in [0.5, 0.6) is 0 Å². The third kappa shape index (κ3) is 3.66. The predicted octanol–water partition coefficient (Wildman–Crippen LogP) is 3.26. The van der Waals surface area contributed by atoms with Crippen molar-refractivity contribution in [3.8, 4) is 0 Å². The standard InChI is InChI=1S/C16H13Cl3N2O5/c17-16(18,19)8-20(15(24)25)26-12-7-3-6-11(12)21-13(22)9-4-1-2-5-10(9)14(21)23/h1-6,11-12H,7-8H2,(H,24,25)/t11-,12+/m0/s1. The molecule has 1 aliphatic heterocycles. The zero-order valence-electron chi connectivity index (χ0n) is 13.1. The SMILES string of the molecule is O=C(O)N(CC(Cl)(Cl)Cl)O[C@@H]1CC=C[C@@H]1N1C(=O)c2ccccc2C1=O. The zero-order valence-corrected chi connectivity index (χ0v) is 15.4. The van der Waals surface area contributed by atoms with Crippen molar-refractivity contribution in [1.82, 2.24) is 9.96 Å². The first-order chi connectivity index (χ1) is 12.2. The number of hydroxylamine groups is 2. The van der Waals surface area contributed by atoms with Crippen LogP contribution >= 0.6 is 34.8 Å². The van der Waals surface area contributed by atoms with Crippen LogP contribution in [0.25, 0.3) is 0 Å². The van der Waals surface area contributed by atoms with E-state index in [1.54, 1.807) is 36.4 Å². The summed E-state index contributed by atoms with van der Waals surface area (Å²) in [5.74, 6) is -0.919. The van der Waals surface area contributed by atoms with Gasteiger partial charge in [0, 0.05) is 0 Å². The second-order valence-electron chi connectivity index (χ2n) is 5.76. The van der Waals surface area contributed by atoms with Crippen molar-refractivity contribution in [2.75, 3.05) is 6.54 Å². The van der Waals surface area contributed by atoms with Crippen LogP contribution in [0, 0.1) is 0 Å². The van der Waals surface area contributed by atoms with Gasteiger partial charge in [-0.2, -0.15) is 5.06 Å². The molecule has 1 aromatic rings. The van der Waals surface area contributed by atoms with Crippen LogP contribution in [0.4, 0.5) is 4.79 Å². The topological polar surface area (TPSA) is 87.2 Å². The number of halogens is 3. The summed E-state index contributed by atoms with van der Waals surface area (Å²) in [5.41, 5.74) is 0.598. The van der Waals surface area contributed by atoms with Crippen molar-refractivity contribution in [2.24, 2.45) is 0 Å². The van der Waals surface area contributed by atoms with E-state index in [0.29, 0.717) is 22.6 Å². The van der Waals surface area contributed by atoms with Crippen LogP contribution in [0.1, 0.15) is 27.1 Å². The van der Waals surface area contributed by atoms with Crippen LogP contribution < -0.4 is 0 Å². The number of alkyl halides is 3. The molecular weight excluding hydrogens is 407 g/mol. The number of benzene rings is 1. The lowest BCUT2D eigenvalue weighted by Crippen LogP contribution is -2.48. The summed E-state index contributed by atoms with van der Waals surface area (Å²) in [7, 11) is 0. The predicted molar refractivity (Wildman–Crippen MR) is 94.4 cm³/mol. The number of carbonyl (C=O) groups excluding carboxylic acids is 2. The highest BCUT2D eigenvalue weighted by molar-refractivity contribution is 6.67. The fourth-order valence-corrected chi connectivity index (χ4v) is 3.25. The lowest BCUT2D eigenvalue weighted by molar-refractivity contribution is -0.175. The summed E-state index contributed by atoms with van der Waals surface area (Å²) in [4.78, 5) is 43.1. The molecule has 2 aliphatic rings. The second kappa shape index (κ2) is 7.08. The number of amides is 3. The molecule has 0 spiro atoms. The molecule has 2 atom stereocenters. The Hall–Kier alpha value is -1.80. The average Bonchev–Trinajstić information content (AvgIpc) is 3.09. The third-order valence-corrected chi connectivity index (χ3v) is 4.36. The number of fused-ring (bicyclic) bond motifs is 1. The summed E-state index contributed by atoms with van der Waals surface area (Å²) in [6, 6.07) is 5.70. The highest BCUT2D eigenvalue weighted by Crippen LogP contribution is 2.32. The van der Waals surface area contributed by atoms with E-state index in [-0.39, 0.29) is 0 Å². The van der Waals surface area contributed by atoms with E-state index in [2.05, 4.69) is 0 Å². The Balaban J connectivity index is 1.81. The first-order valence-electron chi connectivity index (χ1n) is 7.56. The van der Waals surface area contributed by atoms with Crippen LogP contribution in [-0.4, -0.2) is 55.5 Å². The molecule has 138 valence electrons. The van der Waals surface area contributed by atoms with Crippen molar-refractivity contribution >= 4 is 52.7 Å². The summed E-state index contributed by atoms with van der Waals surface area (Å²) in [6.07, 6.45) is 1.36. The number of nitrogens with zero attached hydrogens (tertiary/aromatic N) is 2. The van der Waals surface area contributed by atoms with Crippen LogP contribution in [-0.2, 0) is 4.84 Å². The fraction of sp³-hybridized carbons (Fsp3) is 0.312. The van der Waals surface area contributed by atoms with Crippen molar-refractivity contribution in [3.05, 3.63) is 47.5 Å². The lowest BCUT2D eigenvalue weighted by atomic mass is 10.1. The minimum absolute atomic E-state index is 0.293. The molecule has 0 saturated heterocycles. The highest BCUT2D eigenvalue weighted by atomic mass is 35.6. The first kappa shape index (κ1) is 19.0. The summed E-state index contributed by atoms with van der Waals surface area (Å²) in [5, 5.41) is 9.75. The van der Waals surface area contributed by atoms with Crippen molar-refractivity contribution in [2.45, 2.75) is 22.4 Å². The van der Waals surface area contributed by atoms with Gasteiger partial charge in [-0.1, -0.05) is 59.1 Å². The van der Waals surface area contributed by atoms with Gasteiger partial charge in [-0.05, 0) is 18.6 Å². The number of rotatable bonds is 4. The minimum atomic E-state index is -1.88. The molecule has 3 amide bonds. The molecule has 0 bridgehead atoms. The van der Waals surface area contributed by atoms with Gasteiger partial charge in [-0.15, -0.1) is 0 Å². The van der Waals surface area contributed by atoms with E-state index in [0.717, 1.165) is 4.90 Å². The minimum Gasteiger partial charge on any atom is -0.463 e. The van der Waals surface area contributed by atoms with E-state index in [1.807, 2.05) is 0 Å². The normalized spacial score (nSPS) is 22.0. The van der Waals surface area contributed by atoms with Crippen LogP contribution in [0.2, 0.25) is 0 Å². The molecule has 1 N–H and O–H groups in total. The van der Waals surface area contributed by atoms with Crippen LogP contribution in [0.15, 0.2) is 36.4 Å². The molecular formula is C16H13Cl3N2O5. The monoisotopic (exact) mass is 418 g/mol.